The van der Waals surface area contributed by atoms with E-state index in [4.69, 9.17) is 0 Å². The number of carbonyl (C=O) groups excluding carboxylic acids is 1. The monoisotopic (exact) mass is 379 g/mol. The van der Waals surface area contributed by atoms with E-state index in [2.05, 4.69) is 25.5 Å². The third kappa shape index (κ3) is 3.81. The van der Waals surface area contributed by atoms with Crippen molar-refractivity contribution < 1.29 is 18.0 Å². The highest BCUT2D eigenvalue weighted by Crippen LogP contribution is 2.26. The molecular formula is C16H16F3N7O. The predicted octanol–water partition coefficient (Wildman–Crippen LogP) is 2.84. The smallest absolute Gasteiger partial charge is 0.319 e. The summed E-state index contributed by atoms with van der Waals surface area (Å²) in [6.07, 6.45) is -3.85. The van der Waals surface area contributed by atoms with Crippen LogP contribution in [0.25, 0.3) is 5.95 Å². The molecule has 0 radical (unpaired) electrons. The lowest BCUT2D eigenvalue weighted by Crippen LogP contribution is -2.14. The number of halogens is 3. The average molecular weight is 379 g/mol. The zero-order chi connectivity index (χ0) is 19.8. The van der Waals surface area contributed by atoms with E-state index in [0.29, 0.717) is 5.69 Å². The molecule has 0 fully saturated rings. The summed E-state index contributed by atoms with van der Waals surface area (Å²) in [5, 5.41) is 11.9. The summed E-state index contributed by atoms with van der Waals surface area (Å²) >= 11 is 0. The maximum atomic E-state index is 12.6. The number of benzene rings is 1. The topological polar surface area (TPSA) is 101 Å². The summed E-state index contributed by atoms with van der Waals surface area (Å²) in [7, 11) is 0. The fourth-order valence-corrected chi connectivity index (χ4v) is 2.47. The molecule has 0 aliphatic rings. The molecule has 0 saturated heterocycles. The third-order valence-electron chi connectivity index (χ3n) is 3.89. The van der Waals surface area contributed by atoms with Crippen molar-refractivity contribution >= 4 is 11.6 Å². The van der Waals surface area contributed by atoms with Crippen LogP contribution in [0.4, 0.5) is 18.9 Å². The lowest BCUT2D eigenvalue weighted by atomic mass is 10.1. The van der Waals surface area contributed by atoms with Gasteiger partial charge in [0.05, 0.1) is 0 Å². The van der Waals surface area contributed by atoms with Crippen molar-refractivity contribution in [3.8, 4) is 5.95 Å². The van der Waals surface area contributed by atoms with Gasteiger partial charge in [0.1, 0.15) is 5.82 Å². The summed E-state index contributed by atoms with van der Waals surface area (Å²) in [6.45, 7) is 5.46. The van der Waals surface area contributed by atoms with Crippen LogP contribution < -0.4 is 5.32 Å². The third-order valence-corrected chi connectivity index (χ3v) is 3.89. The highest BCUT2D eigenvalue weighted by atomic mass is 19.4. The Hall–Kier alpha value is -3.24. The second kappa shape index (κ2) is 6.82. The minimum Gasteiger partial charge on any atom is -0.319 e. The van der Waals surface area contributed by atoms with E-state index < -0.39 is 17.9 Å². The van der Waals surface area contributed by atoms with Crippen LogP contribution in [0, 0.1) is 13.8 Å². The maximum Gasteiger partial charge on any atom is 0.451 e. The number of alkyl halides is 3. The number of aryl methyl sites for hydroxylation is 3. The van der Waals surface area contributed by atoms with E-state index in [1.54, 1.807) is 11.2 Å². The van der Waals surface area contributed by atoms with Gasteiger partial charge in [-0.3, -0.25) is 9.89 Å². The first-order valence-electron chi connectivity index (χ1n) is 8.03. The van der Waals surface area contributed by atoms with Crippen LogP contribution in [0.2, 0.25) is 0 Å². The number of hydrogen-bond donors (Lipinski definition) is 2. The van der Waals surface area contributed by atoms with Gasteiger partial charge in [0.25, 0.3) is 11.9 Å². The van der Waals surface area contributed by atoms with Crippen LogP contribution >= 0.6 is 0 Å². The number of aromatic nitrogens is 6. The molecule has 0 aliphatic heterocycles. The molecule has 27 heavy (non-hydrogen) atoms. The minimum absolute atomic E-state index is 0.172. The van der Waals surface area contributed by atoms with E-state index >= 15 is 0 Å². The number of carbonyl (C=O) groups is 1. The van der Waals surface area contributed by atoms with Crippen LogP contribution in [0.5, 0.6) is 0 Å². The predicted molar refractivity (Wildman–Crippen MR) is 89.5 cm³/mol. The number of anilines is 1. The molecule has 0 saturated carbocycles. The molecule has 0 unspecified atom stereocenters. The molecule has 0 bridgehead atoms. The van der Waals surface area contributed by atoms with Gasteiger partial charge in [-0.15, -0.1) is 10.2 Å². The molecule has 3 rings (SSSR count). The largest absolute Gasteiger partial charge is 0.451 e. The van der Waals surface area contributed by atoms with Gasteiger partial charge in [0.15, 0.2) is 0 Å². The van der Waals surface area contributed by atoms with Crippen molar-refractivity contribution in [1.82, 2.24) is 29.9 Å². The van der Waals surface area contributed by atoms with Gasteiger partial charge in [-0.1, -0.05) is 13.0 Å². The minimum atomic E-state index is -4.66. The number of amides is 1. The maximum absolute atomic E-state index is 12.6. The second-order valence-corrected chi connectivity index (χ2v) is 5.83. The van der Waals surface area contributed by atoms with E-state index in [-0.39, 0.29) is 17.6 Å². The molecule has 2 aromatic heterocycles. The average Bonchev–Trinajstić information content (AvgIpc) is 3.22. The van der Waals surface area contributed by atoms with Crippen molar-refractivity contribution in [2.75, 3.05) is 5.32 Å². The number of hydrogen-bond acceptors (Lipinski definition) is 5. The first kappa shape index (κ1) is 18.5. The van der Waals surface area contributed by atoms with Crippen molar-refractivity contribution in [3.63, 3.8) is 0 Å². The molecule has 142 valence electrons. The summed E-state index contributed by atoms with van der Waals surface area (Å²) in [6, 6.07) is 5.49. The number of rotatable bonds is 4. The standard InChI is InChI=1S/C16H16F3N7O/c1-4-10-7-11(6-5-8(10)2)21-13(27)12-20-9(3)26(25-12)15-22-14(23-24-15)16(17,18)19/h5-7H,4H2,1-3H3,(H,21,27)(H,22,23,24). The van der Waals surface area contributed by atoms with Gasteiger partial charge in [0.2, 0.25) is 11.6 Å². The van der Waals surface area contributed by atoms with E-state index in [0.717, 1.165) is 22.2 Å². The van der Waals surface area contributed by atoms with Crippen LogP contribution in [0.3, 0.4) is 0 Å². The van der Waals surface area contributed by atoms with E-state index in [1.165, 1.54) is 6.92 Å². The van der Waals surface area contributed by atoms with Gasteiger partial charge in [-0.25, -0.2) is 4.98 Å². The Morgan fingerprint density at radius 2 is 2.00 bits per heavy atom. The van der Waals surface area contributed by atoms with Crippen molar-refractivity contribution in [3.05, 3.63) is 46.8 Å². The molecule has 3 aromatic rings. The Morgan fingerprint density at radius 1 is 1.26 bits per heavy atom. The summed E-state index contributed by atoms with van der Waals surface area (Å²) in [4.78, 5) is 19.7. The first-order chi connectivity index (χ1) is 12.7. The fraction of sp³-hybridized carbons (Fsp3) is 0.312. The van der Waals surface area contributed by atoms with Crippen LogP contribution in [0.1, 0.15) is 40.3 Å². The molecule has 2 N–H and O–H groups in total. The Bertz CT molecular complexity index is 990. The Labute approximate surface area is 151 Å². The highest BCUT2D eigenvalue weighted by molar-refractivity contribution is 6.01. The molecule has 1 aromatic carbocycles. The number of nitrogens with zero attached hydrogens (tertiary/aromatic N) is 5. The Kier molecular flexibility index (Phi) is 4.68. The number of H-pyrrole nitrogens is 1. The van der Waals surface area contributed by atoms with Gasteiger partial charge in [-0.05, 0) is 43.5 Å². The van der Waals surface area contributed by atoms with E-state index in [1.807, 2.05) is 26.0 Å². The van der Waals surface area contributed by atoms with Crippen LogP contribution in [-0.2, 0) is 12.6 Å². The van der Waals surface area contributed by atoms with Crippen LogP contribution in [-0.4, -0.2) is 35.9 Å². The zero-order valence-corrected chi connectivity index (χ0v) is 14.7. The summed E-state index contributed by atoms with van der Waals surface area (Å²) in [5.74, 6) is -2.23. The zero-order valence-electron chi connectivity index (χ0n) is 14.7. The first-order valence-corrected chi connectivity index (χ1v) is 8.03. The lowest BCUT2D eigenvalue weighted by molar-refractivity contribution is -0.144. The van der Waals surface area contributed by atoms with Crippen molar-refractivity contribution in [2.24, 2.45) is 0 Å². The normalized spacial score (nSPS) is 11.6. The summed E-state index contributed by atoms with van der Waals surface area (Å²) < 4.78 is 38.9. The van der Waals surface area contributed by atoms with Gasteiger partial charge in [0, 0.05) is 5.69 Å². The van der Waals surface area contributed by atoms with Crippen molar-refractivity contribution in [1.29, 1.82) is 0 Å². The molecule has 2 heterocycles. The summed E-state index contributed by atoms with van der Waals surface area (Å²) in [5.41, 5.74) is 2.77. The molecule has 0 aliphatic carbocycles. The molecule has 8 nitrogen and oxygen atoms in total. The highest BCUT2D eigenvalue weighted by Gasteiger charge is 2.35. The number of nitrogens with one attached hydrogen (secondary N) is 2. The number of aromatic amines is 1. The van der Waals surface area contributed by atoms with Gasteiger partial charge >= 0.3 is 6.18 Å². The fourth-order valence-electron chi connectivity index (χ4n) is 2.47. The molecule has 0 spiro atoms. The Balaban J connectivity index is 1.83. The Morgan fingerprint density at radius 3 is 2.63 bits per heavy atom. The molecular weight excluding hydrogens is 363 g/mol. The van der Waals surface area contributed by atoms with Gasteiger partial charge in [-0.2, -0.15) is 22.8 Å². The van der Waals surface area contributed by atoms with Crippen LogP contribution in [0.15, 0.2) is 18.2 Å². The molecule has 11 heteroatoms. The molecule has 0 atom stereocenters. The van der Waals surface area contributed by atoms with E-state index in [9.17, 15) is 18.0 Å². The lowest BCUT2D eigenvalue weighted by Gasteiger charge is -2.07. The van der Waals surface area contributed by atoms with Crippen molar-refractivity contribution in [2.45, 2.75) is 33.4 Å². The second-order valence-electron chi connectivity index (χ2n) is 5.83. The quantitative estimate of drug-likeness (QED) is 0.726. The SMILES string of the molecule is CCc1cc(NC(=O)c2nc(C)n(-c3n[nH]c(C(F)(F)F)n3)n2)ccc1C. The molecule has 1 amide bonds. The van der Waals surface area contributed by atoms with Gasteiger partial charge < -0.3 is 5.32 Å².